The second-order valence-corrected chi connectivity index (χ2v) is 9.62. The largest absolute Gasteiger partial charge is 0.379 e. The van der Waals surface area contributed by atoms with Gasteiger partial charge >= 0.3 is 0 Å². The molecule has 1 aliphatic heterocycles. The zero-order valence-electron chi connectivity index (χ0n) is 18.3. The Balaban J connectivity index is 1.61. The van der Waals surface area contributed by atoms with E-state index in [0.29, 0.717) is 18.0 Å². The Hall–Kier alpha value is -1.99. The van der Waals surface area contributed by atoms with Gasteiger partial charge in [-0.05, 0) is 49.6 Å². The van der Waals surface area contributed by atoms with E-state index in [1.807, 2.05) is 24.0 Å². The molecule has 1 saturated heterocycles. The predicted octanol–water partition coefficient (Wildman–Crippen LogP) is 4.78. The number of hydrogen-bond acceptors (Lipinski definition) is 5. The number of thiazole rings is 1. The average Bonchev–Trinajstić information content (AvgIpc) is 3.15. The predicted molar refractivity (Wildman–Crippen MR) is 129 cm³/mol. The molecule has 2 aromatic carbocycles. The number of morpholine rings is 1. The Morgan fingerprint density at radius 2 is 1.94 bits per heavy atom. The number of carbonyl (C=O) groups is 1. The Bertz CT molecular complexity index is 1090. The van der Waals surface area contributed by atoms with Gasteiger partial charge in [-0.2, -0.15) is 0 Å². The van der Waals surface area contributed by atoms with Crippen LogP contribution >= 0.6 is 22.9 Å². The molecule has 0 atom stereocenters. The Labute approximate surface area is 192 Å². The summed E-state index contributed by atoms with van der Waals surface area (Å²) in [5.74, 6) is 0.0722. The molecule has 1 fully saturated rings. The molecule has 0 saturated carbocycles. The van der Waals surface area contributed by atoms with Gasteiger partial charge in [0.05, 0.1) is 29.9 Å². The molecule has 1 amide bonds. The third-order valence-corrected chi connectivity index (χ3v) is 7.00. The molecule has 0 spiro atoms. The fourth-order valence-corrected chi connectivity index (χ4v) is 5.42. The number of halogens is 1. The third kappa shape index (κ3) is 5.26. The molecule has 0 unspecified atom stereocenters. The highest BCUT2D eigenvalue weighted by Crippen LogP contribution is 2.33. The SMILES string of the molecule is Cc1ccc(CC(=O)N(CCN2CCOCC2)c2nc3c(C)cc(Cl)cc3s2)c(C)c1. The van der Waals surface area contributed by atoms with Gasteiger partial charge in [-0.15, -0.1) is 0 Å². The average molecular weight is 458 g/mol. The molecule has 0 bridgehead atoms. The van der Waals surface area contributed by atoms with Gasteiger partial charge in [0.15, 0.2) is 5.13 Å². The lowest BCUT2D eigenvalue weighted by Gasteiger charge is -2.29. The van der Waals surface area contributed by atoms with Crippen molar-refractivity contribution in [1.29, 1.82) is 0 Å². The minimum absolute atomic E-state index is 0.0722. The van der Waals surface area contributed by atoms with Crippen LogP contribution in [0.5, 0.6) is 0 Å². The zero-order chi connectivity index (χ0) is 22.0. The van der Waals surface area contributed by atoms with Crippen molar-refractivity contribution in [3.8, 4) is 0 Å². The van der Waals surface area contributed by atoms with E-state index in [-0.39, 0.29) is 5.91 Å². The van der Waals surface area contributed by atoms with Crippen LogP contribution in [-0.4, -0.2) is 55.2 Å². The van der Waals surface area contributed by atoms with Gasteiger partial charge in [-0.3, -0.25) is 14.6 Å². The number of amides is 1. The lowest BCUT2D eigenvalue weighted by molar-refractivity contribution is -0.118. The van der Waals surface area contributed by atoms with Gasteiger partial charge in [0.2, 0.25) is 5.91 Å². The zero-order valence-corrected chi connectivity index (χ0v) is 19.9. The number of aryl methyl sites for hydroxylation is 3. The summed E-state index contributed by atoms with van der Waals surface area (Å²) in [5, 5.41) is 1.44. The summed E-state index contributed by atoms with van der Waals surface area (Å²) in [6, 6.07) is 10.1. The monoisotopic (exact) mass is 457 g/mol. The smallest absolute Gasteiger partial charge is 0.233 e. The second kappa shape index (κ2) is 9.65. The first-order chi connectivity index (χ1) is 14.9. The van der Waals surface area contributed by atoms with Crippen molar-refractivity contribution in [3.63, 3.8) is 0 Å². The van der Waals surface area contributed by atoms with Crippen LogP contribution in [0.3, 0.4) is 0 Å². The van der Waals surface area contributed by atoms with E-state index in [0.717, 1.165) is 64.9 Å². The van der Waals surface area contributed by atoms with Gasteiger partial charge < -0.3 is 4.74 Å². The van der Waals surface area contributed by atoms with Gasteiger partial charge in [-0.1, -0.05) is 46.7 Å². The standard InChI is InChI=1S/C24H28ClN3O2S/c1-16-4-5-19(17(2)12-16)14-22(29)28(7-6-27-8-10-30-11-9-27)24-26-23-18(3)13-20(25)15-21(23)31-24/h4-5,12-13,15H,6-11,14H2,1-3H3. The van der Waals surface area contributed by atoms with E-state index in [4.69, 9.17) is 21.3 Å². The summed E-state index contributed by atoms with van der Waals surface area (Å²) in [4.78, 5) is 22.5. The molecule has 4 rings (SSSR count). The molecule has 1 aromatic heterocycles. The topological polar surface area (TPSA) is 45.7 Å². The Morgan fingerprint density at radius 3 is 2.68 bits per heavy atom. The molecular weight excluding hydrogens is 430 g/mol. The number of anilines is 1. The minimum Gasteiger partial charge on any atom is -0.379 e. The summed E-state index contributed by atoms with van der Waals surface area (Å²) >= 11 is 7.79. The van der Waals surface area contributed by atoms with Crippen LogP contribution in [0.25, 0.3) is 10.2 Å². The highest BCUT2D eigenvalue weighted by molar-refractivity contribution is 7.22. The molecular formula is C24H28ClN3O2S. The van der Waals surface area contributed by atoms with E-state index in [2.05, 4.69) is 36.9 Å². The molecule has 2 heterocycles. The highest BCUT2D eigenvalue weighted by Gasteiger charge is 2.23. The van der Waals surface area contributed by atoms with Crippen molar-refractivity contribution in [2.24, 2.45) is 0 Å². The van der Waals surface area contributed by atoms with Crippen molar-refractivity contribution in [2.45, 2.75) is 27.2 Å². The number of benzene rings is 2. The quantitative estimate of drug-likeness (QED) is 0.534. The Morgan fingerprint density at radius 1 is 1.16 bits per heavy atom. The fraction of sp³-hybridized carbons (Fsp3) is 0.417. The Kier molecular flexibility index (Phi) is 6.92. The van der Waals surface area contributed by atoms with E-state index in [9.17, 15) is 4.79 Å². The first-order valence-electron chi connectivity index (χ1n) is 10.6. The first-order valence-corrected chi connectivity index (χ1v) is 11.8. The maximum Gasteiger partial charge on any atom is 0.233 e. The number of ether oxygens (including phenoxy) is 1. The van der Waals surface area contributed by atoms with Gasteiger partial charge in [0, 0.05) is 31.2 Å². The summed E-state index contributed by atoms with van der Waals surface area (Å²) < 4.78 is 6.47. The fourth-order valence-electron chi connectivity index (χ4n) is 3.95. The van der Waals surface area contributed by atoms with Crippen LogP contribution in [0.4, 0.5) is 5.13 Å². The van der Waals surface area contributed by atoms with E-state index in [1.165, 1.54) is 16.9 Å². The molecule has 0 aliphatic carbocycles. The molecule has 164 valence electrons. The minimum atomic E-state index is 0.0722. The van der Waals surface area contributed by atoms with E-state index < -0.39 is 0 Å². The first kappa shape index (κ1) is 22.2. The van der Waals surface area contributed by atoms with Crippen LogP contribution in [0, 0.1) is 20.8 Å². The van der Waals surface area contributed by atoms with Gasteiger partial charge in [-0.25, -0.2) is 4.98 Å². The van der Waals surface area contributed by atoms with Crippen molar-refractivity contribution in [1.82, 2.24) is 9.88 Å². The van der Waals surface area contributed by atoms with Crippen molar-refractivity contribution in [2.75, 3.05) is 44.3 Å². The highest BCUT2D eigenvalue weighted by atomic mass is 35.5. The second-order valence-electron chi connectivity index (χ2n) is 8.17. The molecule has 1 aliphatic rings. The number of hydrogen-bond donors (Lipinski definition) is 0. The maximum absolute atomic E-state index is 13.5. The number of fused-ring (bicyclic) bond motifs is 1. The molecule has 7 heteroatoms. The third-order valence-electron chi connectivity index (χ3n) is 5.75. The summed E-state index contributed by atoms with van der Waals surface area (Å²) in [6.45, 7) is 10.8. The number of aromatic nitrogens is 1. The van der Waals surface area contributed by atoms with Gasteiger partial charge in [0.25, 0.3) is 0 Å². The summed E-state index contributed by atoms with van der Waals surface area (Å²) in [6.07, 6.45) is 0.366. The maximum atomic E-state index is 13.5. The normalized spacial score (nSPS) is 14.8. The van der Waals surface area contributed by atoms with E-state index in [1.54, 1.807) is 0 Å². The number of nitrogens with zero attached hydrogens (tertiary/aromatic N) is 3. The van der Waals surface area contributed by atoms with Crippen LogP contribution < -0.4 is 4.90 Å². The van der Waals surface area contributed by atoms with Gasteiger partial charge in [0.1, 0.15) is 0 Å². The lowest BCUT2D eigenvalue weighted by atomic mass is 10.0. The number of rotatable bonds is 6. The van der Waals surface area contributed by atoms with Crippen LogP contribution in [-0.2, 0) is 16.0 Å². The lowest BCUT2D eigenvalue weighted by Crippen LogP contribution is -2.43. The van der Waals surface area contributed by atoms with Crippen molar-refractivity contribution >= 4 is 44.2 Å². The molecule has 0 N–H and O–H groups in total. The van der Waals surface area contributed by atoms with Crippen molar-refractivity contribution in [3.05, 3.63) is 57.6 Å². The van der Waals surface area contributed by atoms with Crippen LogP contribution in [0.2, 0.25) is 5.02 Å². The van der Waals surface area contributed by atoms with Crippen LogP contribution in [0.1, 0.15) is 22.3 Å². The molecule has 31 heavy (non-hydrogen) atoms. The van der Waals surface area contributed by atoms with Crippen LogP contribution in [0.15, 0.2) is 30.3 Å². The van der Waals surface area contributed by atoms with Crippen molar-refractivity contribution < 1.29 is 9.53 Å². The summed E-state index contributed by atoms with van der Waals surface area (Å²) in [7, 11) is 0. The van der Waals surface area contributed by atoms with E-state index >= 15 is 0 Å². The number of carbonyl (C=O) groups excluding carboxylic acids is 1. The molecule has 3 aromatic rings. The molecule has 0 radical (unpaired) electrons. The molecule has 5 nitrogen and oxygen atoms in total. The summed E-state index contributed by atoms with van der Waals surface area (Å²) in [5.41, 5.74) is 5.36.